The van der Waals surface area contributed by atoms with Gasteiger partial charge in [0.15, 0.2) is 0 Å². The minimum absolute atomic E-state index is 0.00672. The zero-order chi connectivity index (χ0) is 22.0. The Bertz CT molecular complexity index is 1150. The van der Waals surface area contributed by atoms with Gasteiger partial charge in [-0.25, -0.2) is 8.42 Å². The van der Waals surface area contributed by atoms with Gasteiger partial charge in [0.25, 0.3) is 10.0 Å². The molecular formula is C21H23ClN4O3S2. The minimum Gasteiger partial charge on any atom is -0.487 e. The number of aryl methyl sites for hydroxylation is 2. The third-order valence-corrected chi connectivity index (χ3v) is 7.39. The average molecular weight is 479 g/mol. The maximum Gasteiger partial charge on any atom is 0.262 e. The third-order valence-electron chi connectivity index (χ3n) is 5.02. The van der Waals surface area contributed by atoms with E-state index in [0.717, 1.165) is 37.6 Å². The van der Waals surface area contributed by atoms with E-state index in [1.807, 2.05) is 0 Å². The summed E-state index contributed by atoms with van der Waals surface area (Å²) in [4.78, 5) is 2.42. The van der Waals surface area contributed by atoms with Crippen molar-refractivity contribution in [2.45, 2.75) is 37.8 Å². The van der Waals surface area contributed by atoms with Gasteiger partial charge < -0.3 is 4.74 Å². The molecule has 1 N–H and O–H groups in total. The fourth-order valence-corrected chi connectivity index (χ4v) is 5.78. The van der Waals surface area contributed by atoms with Gasteiger partial charge in [-0.1, -0.05) is 45.4 Å². The third kappa shape index (κ3) is 5.54. The molecule has 1 atom stereocenters. The number of benzene rings is 2. The molecule has 1 fully saturated rings. The summed E-state index contributed by atoms with van der Waals surface area (Å²) in [5.74, 6) is 0.485. The van der Waals surface area contributed by atoms with Crippen LogP contribution >= 0.6 is 23.1 Å². The first-order valence-electron chi connectivity index (χ1n) is 9.84. The minimum atomic E-state index is -3.77. The molecule has 1 aromatic heterocycles. The maximum absolute atomic E-state index is 12.5. The normalized spacial score (nSPS) is 17.1. The summed E-state index contributed by atoms with van der Waals surface area (Å²) in [6, 6.07) is 11.1. The van der Waals surface area contributed by atoms with Crippen LogP contribution in [0.2, 0.25) is 5.02 Å². The summed E-state index contributed by atoms with van der Waals surface area (Å²) in [7, 11) is -3.77. The van der Waals surface area contributed by atoms with Crippen LogP contribution in [0.25, 0.3) is 0 Å². The highest BCUT2D eigenvalue weighted by Gasteiger charge is 2.25. The van der Waals surface area contributed by atoms with E-state index in [4.69, 9.17) is 16.3 Å². The van der Waals surface area contributed by atoms with Crippen LogP contribution < -0.4 is 9.46 Å². The molecule has 7 nitrogen and oxygen atoms in total. The van der Waals surface area contributed by atoms with Crippen LogP contribution in [-0.2, 0) is 16.6 Å². The zero-order valence-corrected chi connectivity index (χ0v) is 19.6. The molecule has 31 heavy (non-hydrogen) atoms. The lowest BCUT2D eigenvalue weighted by Gasteiger charge is -2.18. The Morgan fingerprint density at radius 1 is 1.23 bits per heavy atom. The first-order chi connectivity index (χ1) is 14.8. The molecule has 0 spiro atoms. The van der Waals surface area contributed by atoms with Gasteiger partial charge in [-0.05, 0) is 44.0 Å². The summed E-state index contributed by atoms with van der Waals surface area (Å²) in [6.45, 7) is 6.84. The van der Waals surface area contributed by atoms with E-state index in [2.05, 4.69) is 51.3 Å². The van der Waals surface area contributed by atoms with Crippen molar-refractivity contribution in [2.75, 3.05) is 17.8 Å². The molecule has 0 amide bonds. The van der Waals surface area contributed by atoms with Crippen LogP contribution in [0.3, 0.4) is 0 Å². The van der Waals surface area contributed by atoms with E-state index in [1.165, 1.54) is 35.0 Å². The van der Waals surface area contributed by atoms with E-state index >= 15 is 0 Å². The molecule has 0 radical (unpaired) electrons. The molecule has 1 aliphatic heterocycles. The number of nitrogens with one attached hydrogen (secondary N) is 1. The molecule has 1 aliphatic rings. The standard InChI is InChI=1S/C21H23ClN4O3S2/c1-14-7-15(2)9-16(8-14)12-26-6-5-17(13-26)29-20-4-3-18(10-19(20)22)31(27,28)24-21-11-23-25-30-21/h3-4,7-11,17,24H,5-6,12-13H2,1-2H3/t17-/m0/s1. The van der Waals surface area contributed by atoms with Crippen molar-refractivity contribution in [3.05, 3.63) is 64.3 Å². The monoisotopic (exact) mass is 478 g/mol. The zero-order valence-electron chi connectivity index (χ0n) is 17.2. The number of hydrogen-bond acceptors (Lipinski definition) is 7. The van der Waals surface area contributed by atoms with Crippen LogP contribution in [-0.4, -0.2) is 42.1 Å². The van der Waals surface area contributed by atoms with E-state index < -0.39 is 10.0 Å². The Balaban J connectivity index is 1.38. The predicted molar refractivity (Wildman–Crippen MR) is 122 cm³/mol. The van der Waals surface area contributed by atoms with Gasteiger partial charge in [0.1, 0.15) is 16.9 Å². The number of ether oxygens (including phenoxy) is 1. The fraction of sp³-hybridized carbons (Fsp3) is 0.333. The summed E-state index contributed by atoms with van der Waals surface area (Å²) in [6.07, 6.45) is 2.25. The Hall–Kier alpha value is -2.20. The number of nitrogens with zero attached hydrogens (tertiary/aromatic N) is 3. The fourth-order valence-electron chi connectivity index (χ4n) is 3.78. The van der Waals surface area contributed by atoms with Crippen molar-refractivity contribution in [3.63, 3.8) is 0 Å². The van der Waals surface area contributed by atoms with Crippen LogP contribution in [0, 0.1) is 13.8 Å². The van der Waals surface area contributed by atoms with E-state index in [-0.39, 0.29) is 16.0 Å². The second-order valence-electron chi connectivity index (χ2n) is 7.74. The molecule has 2 aromatic carbocycles. The number of sulfonamides is 1. The Labute approximate surface area is 191 Å². The number of likely N-dealkylation sites (tertiary alicyclic amines) is 1. The lowest BCUT2D eigenvalue weighted by molar-refractivity contribution is 0.198. The second-order valence-corrected chi connectivity index (χ2v) is 10.6. The van der Waals surface area contributed by atoms with Crippen molar-refractivity contribution in [1.82, 2.24) is 14.5 Å². The van der Waals surface area contributed by atoms with Gasteiger partial charge in [-0.3, -0.25) is 9.62 Å². The van der Waals surface area contributed by atoms with Gasteiger partial charge in [-0.15, -0.1) is 5.10 Å². The van der Waals surface area contributed by atoms with E-state index in [1.54, 1.807) is 6.07 Å². The second kappa shape index (κ2) is 9.12. The van der Waals surface area contributed by atoms with Gasteiger partial charge >= 0.3 is 0 Å². The average Bonchev–Trinajstić information content (AvgIpc) is 3.34. The molecule has 0 bridgehead atoms. The predicted octanol–water partition coefficient (Wildman–Crippen LogP) is 4.26. The highest BCUT2D eigenvalue weighted by atomic mass is 35.5. The van der Waals surface area contributed by atoms with Gasteiger partial charge in [0.05, 0.1) is 16.1 Å². The maximum atomic E-state index is 12.5. The highest BCUT2D eigenvalue weighted by molar-refractivity contribution is 7.93. The molecule has 2 heterocycles. The molecule has 0 aliphatic carbocycles. The van der Waals surface area contributed by atoms with Crippen molar-refractivity contribution in [3.8, 4) is 5.75 Å². The summed E-state index contributed by atoms with van der Waals surface area (Å²) < 4.78 is 37.2. The molecule has 1 saturated heterocycles. The van der Waals surface area contributed by atoms with Crippen molar-refractivity contribution in [2.24, 2.45) is 0 Å². The number of halogens is 1. The summed E-state index contributed by atoms with van der Waals surface area (Å²) in [5.41, 5.74) is 3.84. The summed E-state index contributed by atoms with van der Waals surface area (Å²) in [5, 5.41) is 4.22. The lowest BCUT2D eigenvalue weighted by Crippen LogP contribution is -2.24. The van der Waals surface area contributed by atoms with E-state index in [9.17, 15) is 8.42 Å². The summed E-state index contributed by atoms with van der Waals surface area (Å²) >= 11 is 7.31. The van der Waals surface area contributed by atoms with Crippen LogP contribution in [0.4, 0.5) is 5.00 Å². The quantitative estimate of drug-likeness (QED) is 0.546. The van der Waals surface area contributed by atoms with Crippen LogP contribution in [0.1, 0.15) is 23.1 Å². The van der Waals surface area contributed by atoms with Gasteiger partial charge in [-0.2, -0.15) is 0 Å². The van der Waals surface area contributed by atoms with Gasteiger partial charge in [0.2, 0.25) is 0 Å². The first-order valence-corrected chi connectivity index (χ1v) is 12.5. The van der Waals surface area contributed by atoms with Crippen LogP contribution in [0.5, 0.6) is 5.75 Å². The van der Waals surface area contributed by atoms with Gasteiger partial charge in [0, 0.05) is 31.2 Å². The van der Waals surface area contributed by atoms with E-state index in [0.29, 0.717) is 10.8 Å². The largest absolute Gasteiger partial charge is 0.487 e. The van der Waals surface area contributed by atoms with Crippen LogP contribution in [0.15, 0.2) is 47.5 Å². The Morgan fingerprint density at radius 3 is 2.68 bits per heavy atom. The number of rotatable bonds is 7. The Morgan fingerprint density at radius 2 is 2.00 bits per heavy atom. The lowest BCUT2D eigenvalue weighted by atomic mass is 10.1. The number of anilines is 1. The molecular weight excluding hydrogens is 456 g/mol. The molecule has 0 unspecified atom stereocenters. The topological polar surface area (TPSA) is 84.4 Å². The molecule has 0 saturated carbocycles. The first kappa shape index (κ1) is 22.0. The highest BCUT2D eigenvalue weighted by Crippen LogP contribution is 2.31. The SMILES string of the molecule is Cc1cc(C)cc(CN2CC[C@H](Oc3ccc(S(=O)(=O)Nc4cnns4)cc3Cl)C2)c1. The van der Waals surface area contributed by atoms with Crippen molar-refractivity contribution in [1.29, 1.82) is 0 Å². The molecule has 4 rings (SSSR count). The molecule has 10 heteroatoms. The van der Waals surface area contributed by atoms with Crippen molar-refractivity contribution >= 4 is 38.2 Å². The molecule has 164 valence electrons. The Kier molecular flexibility index (Phi) is 6.47. The smallest absolute Gasteiger partial charge is 0.262 e. The number of aromatic nitrogens is 2. The number of hydrogen-bond donors (Lipinski definition) is 1. The molecule has 3 aromatic rings. The van der Waals surface area contributed by atoms with Crippen molar-refractivity contribution < 1.29 is 13.2 Å².